The first kappa shape index (κ1) is 28.6. The summed E-state index contributed by atoms with van der Waals surface area (Å²) >= 11 is 0. The maximum absolute atomic E-state index is 13.0. The zero-order valence-corrected chi connectivity index (χ0v) is 24.8. The summed E-state index contributed by atoms with van der Waals surface area (Å²) in [6.07, 6.45) is 9.30. The molecule has 4 fully saturated rings. The first-order valence-corrected chi connectivity index (χ1v) is 16.1. The van der Waals surface area contributed by atoms with E-state index in [9.17, 15) is 14.4 Å². The summed E-state index contributed by atoms with van der Waals surface area (Å²) in [5, 5.41) is 2.17. The molecular formula is C32H48N6O3. The normalized spacial score (nSPS) is 26.8. The number of amides is 3. The van der Waals surface area contributed by atoms with Crippen LogP contribution in [0.5, 0.6) is 0 Å². The number of anilines is 1. The van der Waals surface area contributed by atoms with Crippen molar-refractivity contribution < 1.29 is 14.4 Å². The topological polar surface area (TPSA) is 79.4 Å². The lowest BCUT2D eigenvalue weighted by molar-refractivity contribution is -0.125. The predicted octanol–water partition coefficient (Wildman–Crippen LogP) is 2.54. The van der Waals surface area contributed by atoms with Gasteiger partial charge in [-0.05, 0) is 88.1 Å². The molecule has 0 spiro atoms. The molecule has 1 aromatic carbocycles. The van der Waals surface area contributed by atoms with Crippen LogP contribution in [0.3, 0.4) is 0 Å². The van der Waals surface area contributed by atoms with Gasteiger partial charge in [-0.1, -0.05) is 0 Å². The molecule has 6 rings (SSSR count). The van der Waals surface area contributed by atoms with Crippen LogP contribution in [0.1, 0.15) is 74.2 Å². The maximum atomic E-state index is 13.0. The summed E-state index contributed by atoms with van der Waals surface area (Å²) in [5.74, 6) is 0.502. The van der Waals surface area contributed by atoms with Crippen LogP contribution in [0.25, 0.3) is 0 Å². The van der Waals surface area contributed by atoms with Crippen LogP contribution in [0, 0.1) is 5.92 Å². The summed E-state index contributed by atoms with van der Waals surface area (Å²) < 4.78 is 0. The Hall–Kier alpha value is -2.49. The van der Waals surface area contributed by atoms with Crippen molar-refractivity contribution in [1.29, 1.82) is 0 Å². The second-order valence-electron chi connectivity index (χ2n) is 13.1. The lowest BCUT2D eigenvalue weighted by Crippen LogP contribution is -2.51. The largest absolute Gasteiger partial charge is 0.372 e. The quantitative estimate of drug-likeness (QED) is 0.438. The Morgan fingerprint density at radius 2 is 1.73 bits per heavy atom. The van der Waals surface area contributed by atoms with Crippen molar-refractivity contribution in [3.8, 4) is 0 Å². The van der Waals surface area contributed by atoms with E-state index in [0.29, 0.717) is 19.4 Å². The second-order valence-corrected chi connectivity index (χ2v) is 13.1. The molecule has 9 nitrogen and oxygen atoms in total. The van der Waals surface area contributed by atoms with Crippen molar-refractivity contribution in [2.45, 2.75) is 83.0 Å². The van der Waals surface area contributed by atoms with Gasteiger partial charge >= 0.3 is 0 Å². The minimum Gasteiger partial charge on any atom is -0.372 e. The minimum atomic E-state index is -0.302. The molecule has 1 N–H and O–H groups in total. The van der Waals surface area contributed by atoms with E-state index in [0.717, 1.165) is 42.2 Å². The van der Waals surface area contributed by atoms with Crippen molar-refractivity contribution in [1.82, 2.24) is 24.9 Å². The Kier molecular flexibility index (Phi) is 8.93. The number of fused-ring (bicyclic) bond motifs is 2. The molecule has 3 unspecified atom stereocenters. The van der Waals surface area contributed by atoms with Crippen LogP contribution in [0.15, 0.2) is 18.2 Å². The maximum Gasteiger partial charge on any atom is 0.254 e. The van der Waals surface area contributed by atoms with E-state index in [2.05, 4.69) is 37.0 Å². The molecule has 3 atom stereocenters. The molecule has 9 heteroatoms. The fourth-order valence-corrected chi connectivity index (χ4v) is 8.10. The number of hydrogen-bond donors (Lipinski definition) is 1. The van der Waals surface area contributed by atoms with Crippen molar-refractivity contribution in [3.05, 3.63) is 29.3 Å². The minimum absolute atomic E-state index is 0.0390. The summed E-state index contributed by atoms with van der Waals surface area (Å²) in [4.78, 5) is 47.8. The zero-order valence-electron chi connectivity index (χ0n) is 24.8. The Labute approximate surface area is 245 Å². The molecule has 0 aliphatic carbocycles. The van der Waals surface area contributed by atoms with E-state index in [4.69, 9.17) is 0 Å². The Morgan fingerprint density at radius 3 is 2.49 bits per heavy atom. The van der Waals surface area contributed by atoms with Gasteiger partial charge in [0.1, 0.15) is 0 Å². The smallest absolute Gasteiger partial charge is 0.254 e. The Bertz CT molecular complexity index is 1100. The third-order valence-corrected chi connectivity index (χ3v) is 10.6. The van der Waals surface area contributed by atoms with Crippen molar-refractivity contribution >= 4 is 23.9 Å². The van der Waals surface area contributed by atoms with Crippen LogP contribution in [-0.4, -0.2) is 115 Å². The molecule has 0 aromatic heterocycles. The van der Waals surface area contributed by atoms with E-state index in [1.807, 2.05) is 17.9 Å². The van der Waals surface area contributed by atoms with Gasteiger partial charge in [-0.15, -0.1) is 0 Å². The van der Waals surface area contributed by atoms with Crippen LogP contribution in [-0.2, 0) is 16.1 Å². The van der Waals surface area contributed by atoms with E-state index in [1.165, 1.54) is 90.0 Å². The summed E-state index contributed by atoms with van der Waals surface area (Å²) in [5.41, 5.74) is 3.07. The number of nitrogens with zero attached hydrogens (tertiary/aromatic N) is 5. The highest BCUT2D eigenvalue weighted by Gasteiger charge is 2.37. The predicted molar refractivity (Wildman–Crippen MR) is 160 cm³/mol. The molecular weight excluding hydrogens is 516 g/mol. The van der Waals surface area contributed by atoms with Gasteiger partial charge in [-0.3, -0.25) is 29.5 Å². The van der Waals surface area contributed by atoms with E-state index < -0.39 is 0 Å². The second kappa shape index (κ2) is 12.8. The molecule has 0 bridgehead atoms. The molecule has 3 amide bonds. The van der Waals surface area contributed by atoms with Gasteiger partial charge in [0.05, 0.1) is 0 Å². The van der Waals surface area contributed by atoms with E-state index in [1.54, 1.807) is 0 Å². The first-order chi connectivity index (χ1) is 20.0. The van der Waals surface area contributed by atoms with E-state index >= 15 is 0 Å². The van der Waals surface area contributed by atoms with E-state index in [-0.39, 0.29) is 24.3 Å². The number of benzene rings is 1. The number of piperidine rings is 1. The van der Waals surface area contributed by atoms with Crippen LogP contribution < -0.4 is 10.2 Å². The van der Waals surface area contributed by atoms with Crippen LogP contribution in [0.4, 0.5) is 5.69 Å². The Balaban J connectivity index is 0.931. The molecule has 41 heavy (non-hydrogen) atoms. The van der Waals surface area contributed by atoms with Gasteiger partial charge in [-0.25, -0.2) is 0 Å². The number of imide groups is 1. The van der Waals surface area contributed by atoms with Crippen molar-refractivity contribution in [2.24, 2.45) is 5.92 Å². The number of piperazine rings is 1. The van der Waals surface area contributed by atoms with Gasteiger partial charge in [0.15, 0.2) is 0 Å². The van der Waals surface area contributed by atoms with Crippen LogP contribution in [0.2, 0.25) is 0 Å². The monoisotopic (exact) mass is 564 g/mol. The first-order valence-electron chi connectivity index (χ1n) is 16.1. The SMILES string of the molecule is CC(CCC(=O)NC=O)N1Cc2cc(N3CCC(CN4CCN(CC5CCC6CCCN65)CC4)CC3)ccc2C1=O. The average molecular weight is 565 g/mol. The fourth-order valence-electron chi connectivity index (χ4n) is 8.10. The third-order valence-electron chi connectivity index (χ3n) is 10.6. The molecule has 0 radical (unpaired) electrons. The number of nitrogens with one attached hydrogen (secondary N) is 1. The Morgan fingerprint density at radius 1 is 0.976 bits per heavy atom. The number of carbonyl (C=O) groups is 3. The fraction of sp³-hybridized carbons (Fsp3) is 0.719. The third kappa shape index (κ3) is 6.47. The van der Waals surface area contributed by atoms with Gasteiger partial charge in [0, 0.05) is 94.7 Å². The molecule has 5 aliphatic heterocycles. The van der Waals surface area contributed by atoms with Gasteiger partial charge in [0.2, 0.25) is 12.3 Å². The van der Waals surface area contributed by atoms with Gasteiger partial charge in [-0.2, -0.15) is 0 Å². The number of hydrogen-bond acceptors (Lipinski definition) is 7. The molecule has 5 heterocycles. The average Bonchev–Trinajstić information content (AvgIpc) is 3.69. The van der Waals surface area contributed by atoms with Crippen molar-refractivity contribution in [3.63, 3.8) is 0 Å². The molecule has 1 aromatic rings. The highest BCUT2D eigenvalue weighted by Crippen LogP contribution is 2.34. The lowest BCUT2D eigenvalue weighted by atomic mass is 9.95. The molecule has 0 saturated carbocycles. The van der Waals surface area contributed by atoms with Crippen molar-refractivity contribution in [2.75, 3.05) is 63.8 Å². The summed E-state index contributed by atoms with van der Waals surface area (Å²) in [6.45, 7) is 13.4. The zero-order chi connectivity index (χ0) is 28.3. The van der Waals surface area contributed by atoms with Gasteiger partial charge < -0.3 is 14.7 Å². The van der Waals surface area contributed by atoms with Crippen LogP contribution >= 0.6 is 0 Å². The molecule has 4 saturated heterocycles. The number of rotatable bonds is 10. The summed E-state index contributed by atoms with van der Waals surface area (Å²) in [6, 6.07) is 7.94. The highest BCUT2D eigenvalue weighted by atomic mass is 16.2. The summed E-state index contributed by atoms with van der Waals surface area (Å²) in [7, 11) is 0. The molecule has 224 valence electrons. The molecule has 5 aliphatic rings. The lowest BCUT2D eigenvalue weighted by Gasteiger charge is -2.40. The standard InChI is InChI=1S/C32H48N6O3/c1-24(4-9-31(40)33-23-39)38-21-26-19-28(7-8-30(26)32(38)41)36-13-10-25(11-14-36)20-34-15-17-35(18-16-34)22-29-6-5-27-3-2-12-37(27)29/h7-8,19,23-25,27,29H,2-6,9-18,20-22H2,1H3,(H,33,39,40). The van der Waals surface area contributed by atoms with Gasteiger partial charge in [0.25, 0.3) is 5.91 Å². The highest BCUT2D eigenvalue weighted by molar-refractivity contribution is 5.99. The number of carbonyl (C=O) groups excluding carboxylic acids is 3.